The molecule has 1 fully saturated rings. The Labute approximate surface area is 111 Å². The van der Waals surface area contributed by atoms with Gasteiger partial charge in [-0.1, -0.05) is 11.6 Å². The van der Waals surface area contributed by atoms with E-state index in [1.54, 1.807) is 0 Å². The van der Waals surface area contributed by atoms with E-state index in [0.29, 0.717) is 11.9 Å². The molecule has 92 valence electrons. The first kappa shape index (κ1) is 11.5. The van der Waals surface area contributed by atoms with Crippen LogP contribution in [0.15, 0.2) is 30.3 Å². The van der Waals surface area contributed by atoms with Gasteiger partial charge in [0.15, 0.2) is 0 Å². The zero-order valence-corrected chi connectivity index (χ0v) is 10.9. The normalized spacial score (nSPS) is 14.6. The van der Waals surface area contributed by atoms with Crippen molar-refractivity contribution in [3.05, 3.63) is 46.7 Å². The van der Waals surface area contributed by atoms with Gasteiger partial charge in [0.05, 0.1) is 0 Å². The molecule has 4 heteroatoms. The summed E-state index contributed by atoms with van der Waals surface area (Å²) in [6.07, 6.45) is 2.49. The predicted molar refractivity (Wildman–Crippen MR) is 73.5 cm³/mol. The van der Waals surface area contributed by atoms with Crippen molar-refractivity contribution >= 4 is 23.2 Å². The fourth-order valence-electron chi connectivity index (χ4n) is 1.90. The van der Waals surface area contributed by atoms with Crippen molar-refractivity contribution in [1.82, 2.24) is 9.97 Å². The minimum Gasteiger partial charge on any atom is -0.324 e. The molecule has 2 aromatic rings. The van der Waals surface area contributed by atoms with Gasteiger partial charge in [-0.25, -0.2) is 9.97 Å². The summed E-state index contributed by atoms with van der Waals surface area (Å²) in [4.78, 5) is 8.96. The minimum absolute atomic E-state index is 0.637. The SMILES string of the molecule is Cc1cc(C2CC2)nc(Nc2ccc(Cl)cc2)n1. The highest BCUT2D eigenvalue weighted by Gasteiger charge is 2.25. The van der Waals surface area contributed by atoms with E-state index in [9.17, 15) is 0 Å². The van der Waals surface area contributed by atoms with Crippen LogP contribution in [0.25, 0.3) is 0 Å². The van der Waals surface area contributed by atoms with Crippen molar-refractivity contribution in [2.75, 3.05) is 5.32 Å². The molecule has 1 aliphatic rings. The van der Waals surface area contributed by atoms with Crippen LogP contribution in [0.2, 0.25) is 5.02 Å². The Morgan fingerprint density at radius 3 is 2.56 bits per heavy atom. The smallest absolute Gasteiger partial charge is 0.227 e. The molecule has 1 aromatic carbocycles. The van der Waals surface area contributed by atoms with Crippen molar-refractivity contribution < 1.29 is 0 Å². The Bertz CT molecular complexity index is 562. The summed E-state index contributed by atoms with van der Waals surface area (Å²) in [5, 5.41) is 3.94. The molecule has 0 amide bonds. The van der Waals surface area contributed by atoms with E-state index >= 15 is 0 Å². The Morgan fingerprint density at radius 1 is 1.17 bits per heavy atom. The Morgan fingerprint density at radius 2 is 1.89 bits per heavy atom. The standard InChI is InChI=1S/C14H14ClN3/c1-9-8-13(10-2-3-10)18-14(16-9)17-12-6-4-11(15)5-7-12/h4-8,10H,2-3H2,1H3,(H,16,17,18). The number of hydrogen-bond acceptors (Lipinski definition) is 3. The van der Waals surface area contributed by atoms with Crippen molar-refractivity contribution in [2.45, 2.75) is 25.7 Å². The van der Waals surface area contributed by atoms with Crippen LogP contribution in [0.3, 0.4) is 0 Å². The number of aromatic nitrogens is 2. The molecule has 0 saturated heterocycles. The highest BCUT2D eigenvalue weighted by Crippen LogP contribution is 2.39. The van der Waals surface area contributed by atoms with E-state index in [-0.39, 0.29) is 0 Å². The molecular formula is C14H14ClN3. The number of rotatable bonds is 3. The van der Waals surface area contributed by atoms with Gasteiger partial charge in [0, 0.05) is 28.0 Å². The van der Waals surface area contributed by atoms with Crippen LogP contribution in [0.4, 0.5) is 11.6 Å². The van der Waals surface area contributed by atoms with Gasteiger partial charge in [-0.3, -0.25) is 0 Å². The number of benzene rings is 1. The lowest BCUT2D eigenvalue weighted by Gasteiger charge is -2.07. The van der Waals surface area contributed by atoms with E-state index in [4.69, 9.17) is 11.6 Å². The first-order chi connectivity index (χ1) is 8.70. The molecular weight excluding hydrogens is 246 g/mol. The monoisotopic (exact) mass is 259 g/mol. The Hall–Kier alpha value is -1.61. The first-order valence-corrected chi connectivity index (χ1v) is 6.47. The van der Waals surface area contributed by atoms with Gasteiger partial charge in [-0.05, 0) is 50.1 Å². The summed E-state index contributed by atoms with van der Waals surface area (Å²) in [7, 11) is 0. The van der Waals surface area contributed by atoms with Crippen molar-refractivity contribution in [3.8, 4) is 0 Å². The van der Waals surface area contributed by atoms with E-state index in [1.807, 2.05) is 31.2 Å². The van der Waals surface area contributed by atoms with E-state index in [0.717, 1.165) is 22.1 Å². The topological polar surface area (TPSA) is 37.8 Å². The fourth-order valence-corrected chi connectivity index (χ4v) is 2.03. The van der Waals surface area contributed by atoms with Crippen molar-refractivity contribution in [2.24, 2.45) is 0 Å². The number of hydrogen-bond donors (Lipinski definition) is 1. The van der Waals surface area contributed by atoms with Gasteiger partial charge in [0.25, 0.3) is 0 Å². The molecule has 1 N–H and O–H groups in total. The molecule has 3 rings (SSSR count). The average molecular weight is 260 g/mol. The van der Waals surface area contributed by atoms with E-state index in [2.05, 4.69) is 21.4 Å². The van der Waals surface area contributed by atoms with Crippen molar-refractivity contribution in [3.63, 3.8) is 0 Å². The summed E-state index contributed by atoms with van der Waals surface area (Å²) >= 11 is 5.86. The van der Waals surface area contributed by atoms with Gasteiger partial charge in [0.2, 0.25) is 5.95 Å². The van der Waals surface area contributed by atoms with Gasteiger partial charge in [0.1, 0.15) is 0 Å². The lowest BCUT2D eigenvalue weighted by atomic mass is 10.2. The molecule has 0 spiro atoms. The maximum absolute atomic E-state index is 5.86. The largest absolute Gasteiger partial charge is 0.324 e. The van der Waals surface area contributed by atoms with Gasteiger partial charge in [-0.2, -0.15) is 0 Å². The molecule has 1 saturated carbocycles. The lowest BCUT2D eigenvalue weighted by molar-refractivity contribution is 0.972. The first-order valence-electron chi connectivity index (χ1n) is 6.09. The molecule has 1 aromatic heterocycles. The third-order valence-corrected chi connectivity index (χ3v) is 3.22. The van der Waals surface area contributed by atoms with Crippen LogP contribution in [-0.4, -0.2) is 9.97 Å². The number of nitrogens with one attached hydrogen (secondary N) is 1. The van der Waals surface area contributed by atoms with E-state index in [1.165, 1.54) is 12.8 Å². The highest BCUT2D eigenvalue weighted by atomic mass is 35.5. The van der Waals surface area contributed by atoms with Gasteiger partial charge in [-0.15, -0.1) is 0 Å². The molecule has 0 radical (unpaired) electrons. The van der Waals surface area contributed by atoms with Crippen LogP contribution in [0, 0.1) is 6.92 Å². The zero-order chi connectivity index (χ0) is 12.5. The zero-order valence-electron chi connectivity index (χ0n) is 10.2. The number of halogens is 1. The number of anilines is 2. The fraction of sp³-hybridized carbons (Fsp3) is 0.286. The second-order valence-electron chi connectivity index (χ2n) is 4.66. The predicted octanol–water partition coefficient (Wildman–Crippen LogP) is 4.06. The summed E-state index contributed by atoms with van der Waals surface area (Å²) in [6.45, 7) is 2.00. The highest BCUT2D eigenvalue weighted by molar-refractivity contribution is 6.30. The molecule has 3 nitrogen and oxygen atoms in total. The number of aryl methyl sites for hydroxylation is 1. The molecule has 0 unspecified atom stereocenters. The van der Waals surface area contributed by atoms with Gasteiger partial charge >= 0.3 is 0 Å². The van der Waals surface area contributed by atoms with Crippen LogP contribution < -0.4 is 5.32 Å². The Kier molecular flexibility index (Phi) is 2.92. The molecule has 0 atom stereocenters. The third kappa shape index (κ3) is 2.62. The quantitative estimate of drug-likeness (QED) is 0.903. The molecule has 0 aliphatic heterocycles. The molecule has 1 aliphatic carbocycles. The Balaban J connectivity index is 1.85. The molecule has 18 heavy (non-hydrogen) atoms. The van der Waals surface area contributed by atoms with Crippen LogP contribution in [0.1, 0.15) is 30.1 Å². The summed E-state index contributed by atoms with van der Waals surface area (Å²) in [5.41, 5.74) is 3.11. The summed E-state index contributed by atoms with van der Waals surface area (Å²) in [6, 6.07) is 9.61. The lowest BCUT2D eigenvalue weighted by Crippen LogP contribution is -2.01. The maximum Gasteiger partial charge on any atom is 0.227 e. The van der Waals surface area contributed by atoms with Gasteiger partial charge < -0.3 is 5.32 Å². The number of nitrogens with zero attached hydrogens (tertiary/aromatic N) is 2. The summed E-state index contributed by atoms with van der Waals surface area (Å²) in [5.74, 6) is 1.30. The minimum atomic E-state index is 0.637. The van der Waals surface area contributed by atoms with E-state index < -0.39 is 0 Å². The average Bonchev–Trinajstić information content (AvgIpc) is 3.15. The van der Waals surface area contributed by atoms with Crippen LogP contribution in [0.5, 0.6) is 0 Å². The third-order valence-electron chi connectivity index (χ3n) is 2.97. The molecule has 0 bridgehead atoms. The van der Waals surface area contributed by atoms with Crippen LogP contribution >= 0.6 is 11.6 Å². The van der Waals surface area contributed by atoms with Crippen LogP contribution in [-0.2, 0) is 0 Å². The molecule has 1 heterocycles. The maximum atomic E-state index is 5.86. The summed E-state index contributed by atoms with van der Waals surface area (Å²) < 4.78 is 0. The second-order valence-corrected chi connectivity index (χ2v) is 5.10. The second kappa shape index (κ2) is 4.58. The van der Waals surface area contributed by atoms with Crippen molar-refractivity contribution in [1.29, 1.82) is 0 Å².